The number of fused-ring (bicyclic) bond motifs is 2. The Bertz CT molecular complexity index is 1040. The minimum absolute atomic E-state index is 0.0165. The number of aromatic amines is 1. The summed E-state index contributed by atoms with van der Waals surface area (Å²) < 4.78 is 0. The number of carbonyl (C=O) groups is 2. The van der Waals surface area contributed by atoms with Crippen LogP contribution in [0.4, 0.5) is 5.69 Å². The Morgan fingerprint density at radius 1 is 1.21 bits per heavy atom. The summed E-state index contributed by atoms with van der Waals surface area (Å²) in [6, 6.07) is 13.6. The third kappa shape index (κ3) is 3.28. The van der Waals surface area contributed by atoms with Gasteiger partial charge in [-0.25, -0.2) is 0 Å². The SMILES string of the molecule is CCC(=O)N1c2ccccc2CC1C(=O)NCCc1c[nH]c2ccc(C)cc12. The number of aryl methyl sites for hydroxylation is 1. The molecular formula is C23H25N3O2. The number of H-pyrrole nitrogens is 1. The van der Waals surface area contributed by atoms with Crippen molar-refractivity contribution in [2.24, 2.45) is 0 Å². The summed E-state index contributed by atoms with van der Waals surface area (Å²) in [7, 11) is 0. The molecule has 2 amide bonds. The quantitative estimate of drug-likeness (QED) is 0.717. The molecule has 28 heavy (non-hydrogen) atoms. The van der Waals surface area contributed by atoms with E-state index in [1.807, 2.05) is 37.4 Å². The molecule has 0 aliphatic carbocycles. The first-order valence-corrected chi connectivity index (χ1v) is 9.82. The van der Waals surface area contributed by atoms with Gasteiger partial charge in [-0.15, -0.1) is 0 Å². The fraction of sp³-hybridized carbons (Fsp3) is 0.304. The second-order valence-electron chi connectivity index (χ2n) is 7.37. The van der Waals surface area contributed by atoms with Gasteiger partial charge in [0, 0.05) is 42.2 Å². The van der Waals surface area contributed by atoms with E-state index in [0.29, 0.717) is 19.4 Å². The van der Waals surface area contributed by atoms with E-state index in [1.54, 1.807) is 4.90 Å². The predicted octanol–water partition coefficient (Wildman–Crippen LogP) is 3.50. The first kappa shape index (κ1) is 18.3. The number of nitrogens with zero attached hydrogens (tertiary/aromatic N) is 1. The van der Waals surface area contributed by atoms with Gasteiger partial charge in [-0.2, -0.15) is 0 Å². The molecule has 0 saturated heterocycles. The van der Waals surface area contributed by atoms with Gasteiger partial charge in [-0.1, -0.05) is 36.8 Å². The van der Waals surface area contributed by atoms with E-state index in [-0.39, 0.29) is 11.8 Å². The van der Waals surface area contributed by atoms with Crippen LogP contribution in [-0.4, -0.2) is 29.4 Å². The van der Waals surface area contributed by atoms with E-state index in [4.69, 9.17) is 0 Å². The van der Waals surface area contributed by atoms with Crippen LogP contribution in [0.2, 0.25) is 0 Å². The van der Waals surface area contributed by atoms with Gasteiger partial charge in [0.05, 0.1) is 0 Å². The van der Waals surface area contributed by atoms with E-state index in [0.717, 1.165) is 23.2 Å². The lowest BCUT2D eigenvalue weighted by molar-refractivity contribution is -0.126. The van der Waals surface area contributed by atoms with Crippen molar-refractivity contribution in [2.45, 2.75) is 39.2 Å². The number of nitrogens with one attached hydrogen (secondary N) is 2. The molecule has 0 saturated carbocycles. The van der Waals surface area contributed by atoms with Crippen molar-refractivity contribution in [3.05, 3.63) is 65.4 Å². The van der Waals surface area contributed by atoms with Crippen LogP contribution in [0, 0.1) is 6.92 Å². The fourth-order valence-electron chi connectivity index (χ4n) is 4.01. The molecule has 1 aliphatic heterocycles. The summed E-state index contributed by atoms with van der Waals surface area (Å²) in [5.41, 5.74) is 5.43. The van der Waals surface area contributed by atoms with Crippen LogP contribution < -0.4 is 10.2 Å². The monoisotopic (exact) mass is 375 g/mol. The second kappa shape index (κ2) is 7.50. The number of anilines is 1. The normalized spacial score (nSPS) is 15.6. The molecule has 1 aromatic heterocycles. The van der Waals surface area contributed by atoms with E-state index in [1.165, 1.54) is 16.5 Å². The van der Waals surface area contributed by atoms with Crippen LogP contribution in [0.1, 0.15) is 30.0 Å². The number of rotatable bonds is 5. The molecule has 0 spiro atoms. The number of benzene rings is 2. The lowest BCUT2D eigenvalue weighted by atomic mass is 10.1. The highest BCUT2D eigenvalue weighted by molar-refractivity contribution is 6.03. The minimum atomic E-state index is -0.463. The summed E-state index contributed by atoms with van der Waals surface area (Å²) >= 11 is 0. The maximum Gasteiger partial charge on any atom is 0.243 e. The fourth-order valence-corrected chi connectivity index (χ4v) is 4.01. The summed E-state index contributed by atoms with van der Waals surface area (Å²) in [5, 5.41) is 4.24. The first-order chi connectivity index (χ1) is 13.6. The van der Waals surface area contributed by atoms with Crippen molar-refractivity contribution < 1.29 is 9.59 Å². The van der Waals surface area contributed by atoms with Crippen LogP contribution >= 0.6 is 0 Å². The van der Waals surface area contributed by atoms with E-state index in [2.05, 4.69) is 35.4 Å². The summed E-state index contributed by atoms with van der Waals surface area (Å²) in [4.78, 5) is 30.3. The second-order valence-corrected chi connectivity index (χ2v) is 7.37. The highest BCUT2D eigenvalue weighted by Gasteiger charge is 2.37. The lowest BCUT2D eigenvalue weighted by Gasteiger charge is -2.24. The molecule has 2 heterocycles. The predicted molar refractivity (Wildman–Crippen MR) is 111 cm³/mol. The Labute approximate surface area is 164 Å². The molecule has 1 atom stereocenters. The molecule has 1 aliphatic rings. The van der Waals surface area contributed by atoms with Gasteiger partial charge >= 0.3 is 0 Å². The maximum absolute atomic E-state index is 12.9. The Balaban J connectivity index is 1.44. The Morgan fingerprint density at radius 3 is 2.86 bits per heavy atom. The van der Waals surface area contributed by atoms with Crippen molar-refractivity contribution in [1.82, 2.24) is 10.3 Å². The van der Waals surface area contributed by atoms with Crippen LogP contribution in [-0.2, 0) is 22.4 Å². The largest absolute Gasteiger partial charge is 0.361 e. The van der Waals surface area contributed by atoms with E-state index in [9.17, 15) is 9.59 Å². The summed E-state index contributed by atoms with van der Waals surface area (Å²) in [6.45, 7) is 4.45. The van der Waals surface area contributed by atoms with Crippen molar-refractivity contribution in [2.75, 3.05) is 11.4 Å². The standard InChI is InChI=1S/C23H25N3O2/c1-3-22(27)26-20-7-5-4-6-16(20)13-21(26)23(28)24-11-10-17-14-25-19-9-8-15(2)12-18(17)19/h4-9,12,14,21,25H,3,10-11,13H2,1-2H3,(H,24,28). The molecule has 4 rings (SSSR count). The van der Waals surface area contributed by atoms with Crippen LogP contribution in [0.25, 0.3) is 10.9 Å². The molecule has 3 aromatic rings. The molecule has 5 nitrogen and oxygen atoms in total. The van der Waals surface area contributed by atoms with Crippen molar-refractivity contribution in [3.63, 3.8) is 0 Å². The molecule has 0 bridgehead atoms. The van der Waals surface area contributed by atoms with E-state index < -0.39 is 6.04 Å². The number of carbonyl (C=O) groups excluding carboxylic acids is 2. The smallest absolute Gasteiger partial charge is 0.243 e. The third-order valence-electron chi connectivity index (χ3n) is 5.47. The van der Waals surface area contributed by atoms with E-state index >= 15 is 0 Å². The van der Waals surface area contributed by atoms with Gasteiger partial charge in [-0.05, 0) is 42.7 Å². The molecule has 0 fully saturated rings. The zero-order valence-electron chi connectivity index (χ0n) is 16.3. The lowest BCUT2D eigenvalue weighted by Crippen LogP contribution is -2.48. The molecule has 144 valence electrons. The molecule has 1 unspecified atom stereocenters. The Morgan fingerprint density at radius 2 is 2.04 bits per heavy atom. The Hall–Kier alpha value is -3.08. The van der Waals surface area contributed by atoms with Crippen LogP contribution in [0.3, 0.4) is 0 Å². The highest BCUT2D eigenvalue weighted by atomic mass is 16.2. The third-order valence-corrected chi connectivity index (χ3v) is 5.47. The average Bonchev–Trinajstić information content (AvgIpc) is 3.28. The van der Waals surface area contributed by atoms with Gasteiger partial charge in [0.25, 0.3) is 0 Å². The number of hydrogen-bond acceptors (Lipinski definition) is 2. The zero-order valence-corrected chi connectivity index (χ0v) is 16.3. The zero-order chi connectivity index (χ0) is 19.7. The van der Waals surface area contributed by atoms with Gasteiger partial charge in [0.15, 0.2) is 0 Å². The molecular weight excluding hydrogens is 350 g/mol. The summed E-state index contributed by atoms with van der Waals surface area (Å²) in [6.07, 6.45) is 3.71. The van der Waals surface area contributed by atoms with Gasteiger partial charge in [-0.3, -0.25) is 14.5 Å². The molecule has 5 heteroatoms. The van der Waals surface area contributed by atoms with Crippen LogP contribution in [0.5, 0.6) is 0 Å². The van der Waals surface area contributed by atoms with Crippen molar-refractivity contribution in [1.29, 1.82) is 0 Å². The summed E-state index contributed by atoms with van der Waals surface area (Å²) in [5.74, 6) is -0.105. The van der Waals surface area contributed by atoms with Gasteiger partial charge in [0.1, 0.15) is 6.04 Å². The van der Waals surface area contributed by atoms with Gasteiger partial charge < -0.3 is 10.3 Å². The topological polar surface area (TPSA) is 65.2 Å². The highest BCUT2D eigenvalue weighted by Crippen LogP contribution is 2.32. The molecule has 2 N–H and O–H groups in total. The van der Waals surface area contributed by atoms with Gasteiger partial charge in [0.2, 0.25) is 11.8 Å². The number of aromatic nitrogens is 1. The van der Waals surface area contributed by atoms with Crippen LogP contribution in [0.15, 0.2) is 48.7 Å². The Kier molecular flexibility index (Phi) is 4.90. The first-order valence-electron chi connectivity index (χ1n) is 9.82. The molecule has 0 radical (unpaired) electrons. The minimum Gasteiger partial charge on any atom is -0.361 e. The number of para-hydroxylation sites is 1. The number of amides is 2. The molecule has 2 aromatic carbocycles. The maximum atomic E-state index is 12.9. The van der Waals surface area contributed by atoms with Crippen molar-refractivity contribution >= 4 is 28.4 Å². The number of hydrogen-bond donors (Lipinski definition) is 2. The van der Waals surface area contributed by atoms with Crippen molar-refractivity contribution in [3.8, 4) is 0 Å². The average molecular weight is 375 g/mol.